The molecular formula is C12H17N3O. The molecule has 16 heavy (non-hydrogen) atoms. The number of hydrogen-bond acceptors (Lipinski definition) is 3. The van der Waals surface area contributed by atoms with Gasteiger partial charge in [0.15, 0.2) is 0 Å². The van der Waals surface area contributed by atoms with Crippen LogP contribution in [0.15, 0.2) is 29.6 Å². The number of carbonyl (C=O) groups excluding carboxylic acids is 1. The van der Waals surface area contributed by atoms with Crippen LogP contribution in [0.5, 0.6) is 0 Å². The van der Waals surface area contributed by atoms with Crippen LogP contribution in [0.2, 0.25) is 0 Å². The lowest BCUT2D eigenvalue weighted by Crippen LogP contribution is -2.16. The molecule has 1 aromatic heterocycles. The standard InChI is InChI=1S/C12H17N3O/c1-2-3-4-7-12(16)15-14-10-11-6-5-8-13-9-11/h5-6,8-10H,2-4,7H2,1H3,(H,15,16). The monoisotopic (exact) mass is 219 g/mol. The minimum atomic E-state index is -0.0337. The Morgan fingerprint density at radius 1 is 1.56 bits per heavy atom. The highest BCUT2D eigenvalue weighted by molar-refractivity contribution is 5.81. The minimum absolute atomic E-state index is 0.0337. The van der Waals surface area contributed by atoms with E-state index in [-0.39, 0.29) is 5.91 Å². The quantitative estimate of drug-likeness (QED) is 0.452. The molecule has 4 heteroatoms. The highest BCUT2D eigenvalue weighted by Gasteiger charge is 1.97. The van der Waals surface area contributed by atoms with E-state index >= 15 is 0 Å². The number of nitrogens with one attached hydrogen (secondary N) is 1. The summed E-state index contributed by atoms with van der Waals surface area (Å²) in [5.74, 6) is -0.0337. The van der Waals surface area contributed by atoms with E-state index in [0.29, 0.717) is 6.42 Å². The molecule has 0 fully saturated rings. The topological polar surface area (TPSA) is 54.4 Å². The molecule has 0 atom stereocenters. The van der Waals surface area contributed by atoms with Crippen molar-refractivity contribution in [1.82, 2.24) is 10.4 Å². The number of unbranched alkanes of at least 4 members (excludes halogenated alkanes) is 2. The number of carbonyl (C=O) groups is 1. The van der Waals surface area contributed by atoms with E-state index < -0.39 is 0 Å². The van der Waals surface area contributed by atoms with Gasteiger partial charge in [-0.05, 0) is 12.5 Å². The molecule has 0 radical (unpaired) electrons. The van der Waals surface area contributed by atoms with E-state index in [0.717, 1.165) is 24.8 Å². The van der Waals surface area contributed by atoms with E-state index in [1.54, 1.807) is 18.6 Å². The number of pyridine rings is 1. The van der Waals surface area contributed by atoms with Crippen LogP contribution in [-0.4, -0.2) is 17.1 Å². The van der Waals surface area contributed by atoms with Gasteiger partial charge in [0.1, 0.15) is 0 Å². The maximum Gasteiger partial charge on any atom is 0.240 e. The molecule has 0 spiro atoms. The van der Waals surface area contributed by atoms with E-state index in [1.807, 2.05) is 12.1 Å². The van der Waals surface area contributed by atoms with Crippen LogP contribution in [0.1, 0.15) is 38.2 Å². The molecular weight excluding hydrogens is 202 g/mol. The van der Waals surface area contributed by atoms with E-state index in [9.17, 15) is 4.79 Å². The summed E-state index contributed by atoms with van der Waals surface area (Å²) in [4.78, 5) is 15.2. The van der Waals surface area contributed by atoms with E-state index in [1.165, 1.54) is 0 Å². The highest BCUT2D eigenvalue weighted by atomic mass is 16.2. The smallest absolute Gasteiger partial charge is 0.240 e. The summed E-state index contributed by atoms with van der Waals surface area (Å²) in [6, 6.07) is 3.70. The van der Waals surface area contributed by atoms with Crippen LogP contribution in [-0.2, 0) is 4.79 Å². The van der Waals surface area contributed by atoms with Crippen LogP contribution < -0.4 is 5.43 Å². The fourth-order valence-corrected chi connectivity index (χ4v) is 1.22. The molecule has 0 unspecified atom stereocenters. The van der Waals surface area contributed by atoms with Crippen LogP contribution in [0.4, 0.5) is 0 Å². The Bertz CT molecular complexity index is 335. The lowest BCUT2D eigenvalue weighted by Gasteiger charge is -1.98. The predicted octanol–water partition coefficient (Wildman–Crippen LogP) is 2.11. The van der Waals surface area contributed by atoms with Crippen molar-refractivity contribution < 1.29 is 4.79 Å². The van der Waals surface area contributed by atoms with Gasteiger partial charge >= 0.3 is 0 Å². The molecule has 1 amide bonds. The van der Waals surface area contributed by atoms with Crippen molar-refractivity contribution in [3.05, 3.63) is 30.1 Å². The van der Waals surface area contributed by atoms with Crippen LogP contribution >= 0.6 is 0 Å². The van der Waals surface area contributed by atoms with Crippen LogP contribution in [0, 0.1) is 0 Å². The third-order valence-electron chi connectivity index (χ3n) is 2.09. The van der Waals surface area contributed by atoms with Gasteiger partial charge in [-0.25, -0.2) is 5.43 Å². The Balaban J connectivity index is 2.24. The first-order chi connectivity index (χ1) is 7.83. The van der Waals surface area contributed by atoms with E-state index in [2.05, 4.69) is 22.4 Å². The zero-order valence-electron chi connectivity index (χ0n) is 9.52. The van der Waals surface area contributed by atoms with Crippen molar-refractivity contribution in [2.45, 2.75) is 32.6 Å². The molecule has 0 bridgehead atoms. The predicted molar refractivity (Wildman–Crippen MR) is 64.1 cm³/mol. The summed E-state index contributed by atoms with van der Waals surface area (Å²) in [6.07, 6.45) is 8.63. The molecule has 1 rings (SSSR count). The van der Waals surface area contributed by atoms with E-state index in [4.69, 9.17) is 0 Å². The van der Waals surface area contributed by atoms with Crippen molar-refractivity contribution in [3.63, 3.8) is 0 Å². The molecule has 86 valence electrons. The van der Waals surface area contributed by atoms with Gasteiger partial charge in [0.25, 0.3) is 0 Å². The molecule has 1 heterocycles. The Morgan fingerprint density at radius 3 is 3.12 bits per heavy atom. The zero-order chi connectivity index (χ0) is 11.6. The van der Waals surface area contributed by atoms with Crippen LogP contribution in [0.25, 0.3) is 0 Å². The Hall–Kier alpha value is -1.71. The van der Waals surface area contributed by atoms with Gasteiger partial charge in [0, 0.05) is 24.4 Å². The molecule has 1 aromatic rings. The van der Waals surface area contributed by atoms with Crippen molar-refractivity contribution in [1.29, 1.82) is 0 Å². The van der Waals surface area contributed by atoms with Gasteiger partial charge < -0.3 is 0 Å². The van der Waals surface area contributed by atoms with Gasteiger partial charge in [-0.1, -0.05) is 25.8 Å². The fourth-order valence-electron chi connectivity index (χ4n) is 1.22. The normalized spacial score (nSPS) is 10.6. The maximum atomic E-state index is 11.3. The second kappa shape index (κ2) is 7.56. The fraction of sp³-hybridized carbons (Fsp3) is 0.417. The first-order valence-electron chi connectivity index (χ1n) is 5.55. The SMILES string of the molecule is CCCCCC(=O)NN=Cc1cccnc1. The molecule has 0 aliphatic heterocycles. The molecule has 0 saturated heterocycles. The van der Waals surface area contributed by atoms with Gasteiger partial charge in [-0.3, -0.25) is 9.78 Å². The van der Waals surface area contributed by atoms with Crippen molar-refractivity contribution >= 4 is 12.1 Å². The lowest BCUT2D eigenvalue weighted by atomic mass is 10.2. The lowest BCUT2D eigenvalue weighted by molar-refractivity contribution is -0.121. The third-order valence-corrected chi connectivity index (χ3v) is 2.09. The van der Waals surface area contributed by atoms with Gasteiger partial charge in [-0.2, -0.15) is 5.10 Å². The first kappa shape index (κ1) is 12.4. The second-order valence-corrected chi connectivity index (χ2v) is 3.54. The van der Waals surface area contributed by atoms with Crippen molar-refractivity contribution in [3.8, 4) is 0 Å². The summed E-state index contributed by atoms with van der Waals surface area (Å²) >= 11 is 0. The number of hydrazone groups is 1. The van der Waals surface area contributed by atoms with Crippen molar-refractivity contribution in [2.75, 3.05) is 0 Å². The summed E-state index contributed by atoms with van der Waals surface area (Å²) in [5.41, 5.74) is 3.36. The zero-order valence-corrected chi connectivity index (χ0v) is 9.52. The molecule has 0 saturated carbocycles. The third kappa shape index (κ3) is 5.24. The van der Waals surface area contributed by atoms with Crippen molar-refractivity contribution in [2.24, 2.45) is 5.10 Å². The number of hydrogen-bond donors (Lipinski definition) is 1. The molecule has 1 N–H and O–H groups in total. The Labute approximate surface area is 95.8 Å². The molecule has 4 nitrogen and oxygen atoms in total. The average Bonchev–Trinajstić information content (AvgIpc) is 2.31. The van der Waals surface area contributed by atoms with Gasteiger partial charge in [-0.15, -0.1) is 0 Å². The number of rotatable bonds is 6. The summed E-state index contributed by atoms with van der Waals surface area (Å²) in [6.45, 7) is 2.11. The maximum absolute atomic E-state index is 11.3. The number of aromatic nitrogens is 1. The summed E-state index contributed by atoms with van der Waals surface area (Å²) in [5, 5.41) is 3.86. The Kier molecular flexibility index (Phi) is 5.84. The largest absolute Gasteiger partial charge is 0.273 e. The summed E-state index contributed by atoms with van der Waals surface area (Å²) < 4.78 is 0. The van der Waals surface area contributed by atoms with Crippen LogP contribution in [0.3, 0.4) is 0 Å². The molecule has 0 aliphatic rings. The number of amides is 1. The average molecular weight is 219 g/mol. The Morgan fingerprint density at radius 2 is 2.44 bits per heavy atom. The minimum Gasteiger partial charge on any atom is -0.273 e. The highest BCUT2D eigenvalue weighted by Crippen LogP contribution is 1.98. The summed E-state index contributed by atoms with van der Waals surface area (Å²) in [7, 11) is 0. The molecule has 0 aromatic carbocycles. The van der Waals surface area contributed by atoms with Gasteiger partial charge in [0.05, 0.1) is 6.21 Å². The molecule has 0 aliphatic carbocycles. The van der Waals surface area contributed by atoms with Gasteiger partial charge in [0.2, 0.25) is 5.91 Å². The second-order valence-electron chi connectivity index (χ2n) is 3.54. The first-order valence-corrected chi connectivity index (χ1v) is 5.55. The number of nitrogens with zero attached hydrogens (tertiary/aromatic N) is 2.